The third-order valence-electron chi connectivity index (χ3n) is 5.84. The molecule has 2 aliphatic heterocycles. The molecule has 1 aromatic rings. The van der Waals surface area contributed by atoms with Gasteiger partial charge in [-0.2, -0.15) is 12.7 Å². The number of amides is 2. The lowest BCUT2D eigenvalue weighted by Gasteiger charge is -2.33. The van der Waals surface area contributed by atoms with E-state index in [4.69, 9.17) is 16.3 Å². The van der Waals surface area contributed by atoms with E-state index >= 15 is 0 Å². The number of halogens is 1. The van der Waals surface area contributed by atoms with Crippen molar-refractivity contribution in [2.45, 2.75) is 38.8 Å². The van der Waals surface area contributed by atoms with E-state index in [1.807, 2.05) is 24.3 Å². The van der Waals surface area contributed by atoms with Crippen molar-refractivity contribution in [2.75, 3.05) is 39.4 Å². The molecule has 0 unspecified atom stereocenters. The Morgan fingerprint density at radius 3 is 2.37 bits per heavy atom. The first-order chi connectivity index (χ1) is 16.5. The van der Waals surface area contributed by atoms with Gasteiger partial charge in [0.1, 0.15) is 17.9 Å². The highest BCUT2D eigenvalue weighted by molar-refractivity contribution is 7.83. The van der Waals surface area contributed by atoms with Crippen LogP contribution < -0.4 is 0 Å². The molecule has 3 rings (SSSR count). The van der Waals surface area contributed by atoms with Crippen molar-refractivity contribution in [3.05, 3.63) is 41.4 Å². The van der Waals surface area contributed by atoms with Gasteiger partial charge in [-0.25, -0.2) is 0 Å². The van der Waals surface area contributed by atoms with Crippen molar-refractivity contribution in [3.63, 3.8) is 0 Å². The Morgan fingerprint density at radius 2 is 1.86 bits per heavy atom. The van der Waals surface area contributed by atoms with E-state index < -0.39 is 40.6 Å². The minimum Gasteiger partial charge on any atom is -0.378 e. The molecule has 0 bridgehead atoms. The number of benzene rings is 1. The second-order valence-electron chi connectivity index (χ2n) is 8.12. The molecule has 35 heavy (non-hydrogen) atoms. The largest absolute Gasteiger partial charge is 0.378 e. The quantitative estimate of drug-likeness (QED) is 0.510. The lowest BCUT2D eigenvalue weighted by Crippen LogP contribution is -2.53. The Bertz CT molecular complexity index is 1010. The molecule has 1 N–H and O–H groups in total. The summed E-state index contributed by atoms with van der Waals surface area (Å²) < 4.78 is 38.4. The smallest absolute Gasteiger partial charge is 0.337 e. The minimum absolute atomic E-state index is 0.0859. The third kappa shape index (κ3) is 8.11. The van der Waals surface area contributed by atoms with Gasteiger partial charge in [-0.05, 0) is 31.0 Å². The van der Waals surface area contributed by atoms with Crippen LogP contribution in [-0.2, 0) is 29.4 Å². The van der Waals surface area contributed by atoms with Crippen LogP contribution in [0.1, 0.15) is 32.3 Å². The molecule has 1 aromatic carbocycles. The molecule has 0 saturated carbocycles. The van der Waals surface area contributed by atoms with Crippen molar-refractivity contribution in [1.82, 2.24) is 14.1 Å². The van der Waals surface area contributed by atoms with Gasteiger partial charge in [0.25, 0.3) is 0 Å². The van der Waals surface area contributed by atoms with E-state index in [0.717, 1.165) is 10.6 Å². The fourth-order valence-electron chi connectivity index (χ4n) is 3.76. The number of ketones is 1. The first kappa shape index (κ1) is 28.9. The van der Waals surface area contributed by atoms with E-state index in [2.05, 4.69) is 6.58 Å². The number of carbonyl (C=O) groups excluding carboxylic acids is 3. The molecule has 2 heterocycles. The van der Waals surface area contributed by atoms with Crippen molar-refractivity contribution in [1.29, 1.82) is 0 Å². The Labute approximate surface area is 211 Å². The maximum absolute atomic E-state index is 12.7. The Morgan fingerprint density at radius 1 is 1.26 bits per heavy atom. The number of morpholine rings is 1. The van der Waals surface area contributed by atoms with Gasteiger partial charge in [0, 0.05) is 31.1 Å². The average molecular weight is 530 g/mol. The van der Waals surface area contributed by atoms with Gasteiger partial charge >= 0.3 is 10.3 Å². The van der Waals surface area contributed by atoms with Gasteiger partial charge in [-0.15, -0.1) is 0 Å². The summed E-state index contributed by atoms with van der Waals surface area (Å²) in [7, 11) is -4.72. The molecular formula is C23H32ClN3O7S. The second-order valence-corrected chi connectivity index (χ2v) is 9.92. The fraction of sp³-hybridized carbons (Fsp3) is 0.522. The number of nitrogens with zero attached hydrogens (tertiary/aromatic N) is 3. The van der Waals surface area contributed by atoms with E-state index in [1.54, 1.807) is 24.8 Å². The van der Waals surface area contributed by atoms with Crippen molar-refractivity contribution < 1.29 is 32.1 Å². The van der Waals surface area contributed by atoms with E-state index in [-0.39, 0.29) is 25.3 Å². The predicted octanol–water partition coefficient (Wildman–Crippen LogP) is 1.90. The zero-order valence-electron chi connectivity index (χ0n) is 19.9. The highest BCUT2D eigenvalue weighted by Crippen LogP contribution is 2.23. The van der Waals surface area contributed by atoms with Crippen LogP contribution in [0.5, 0.6) is 0 Å². The summed E-state index contributed by atoms with van der Waals surface area (Å²) >= 11 is 5.63. The molecule has 194 valence electrons. The number of carbonyl (C=O) groups is 3. The van der Waals surface area contributed by atoms with Crippen LogP contribution >= 0.6 is 11.6 Å². The van der Waals surface area contributed by atoms with E-state index in [0.29, 0.717) is 30.6 Å². The third-order valence-corrected chi connectivity index (χ3v) is 7.06. The normalized spacial score (nSPS) is 19.2. The standard InChI is InChI=1S/C15H25N3O7S.C8H7Cl/c1-3-12(19)10-18(26(22,23)24)13-4-5-17(15(13)21)11(2)14(20)16-6-8-25-9-7-16;1-2-7-3-5-8(9)6-4-7/h11,13H,3-10H2,1-2H3,(H,22,23,24);2-6H,1H2/t11-,13-;/m0./s1. The SMILES string of the molecule is C=Cc1ccc(Cl)cc1.CCC(=O)CN([C@H]1CCN([C@@H](C)C(=O)N2CCOCC2)C1=O)S(=O)(=O)O. The van der Waals surface area contributed by atoms with E-state index in [9.17, 15) is 27.4 Å². The molecule has 0 aliphatic carbocycles. The maximum Gasteiger partial charge on any atom is 0.337 e. The topological polar surface area (TPSA) is 125 Å². The molecule has 2 fully saturated rings. The molecule has 2 atom stereocenters. The number of rotatable bonds is 8. The number of likely N-dealkylation sites (tertiary alicyclic amines) is 1. The number of ether oxygens (including phenoxy) is 1. The summed E-state index contributed by atoms with van der Waals surface area (Å²) in [5.41, 5.74) is 1.10. The summed E-state index contributed by atoms with van der Waals surface area (Å²) in [6.45, 7) is 8.14. The molecule has 2 aliphatic rings. The molecule has 12 heteroatoms. The van der Waals surface area contributed by atoms with Crippen LogP contribution in [0.2, 0.25) is 5.02 Å². The highest BCUT2D eigenvalue weighted by Gasteiger charge is 2.44. The maximum atomic E-state index is 12.7. The van der Waals surface area contributed by atoms with Crippen molar-refractivity contribution in [2.24, 2.45) is 0 Å². The first-order valence-electron chi connectivity index (χ1n) is 11.3. The molecule has 0 spiro atoms. The summed E-state index contributed by atoms with van der Waals surface area (Å²) in [5.74, 6) is -1.22. The number of hydrogen-bond donors (Lipinski definition) is 1. The van der Waals surface area contributed by atoms with Gasteiger partial charge < -0.3 is 14.5 Å². The molecule has 10 nitrogen and oxygen atoms in total. The molecule has 0 radical (unpaired) electrons. The van der Waals surface area contributed by atoms with Crippen LogP contribution in [0.4, 0.5) is 0 Å². The number of hydrogen-bond acceptors (Lipinski definition) is 6. The zero-order valence-corrected chi connectivity index (χ0v) is 21.5. The molecule has 2 saturated heterocycles. The lowest BCUT2D eigenvalue weighted by molar-refractivity contribution is -0.146. The van der Waals surface area contributed by atoms with Crippen LogP contribution in [0, 0.1) is 0 Å². The average Bonchev–Trinajstić information content (AvgIpc) is 3.22. The Balaban J connectivity index is 0.000000402. The van der Waals surface area contributed by atoms with Gasteiger partial charge in [-0.1, -0.05) is 43.3 Å². The van der Waals surface area contributed by atoms with Crippen LogP contribution in [0.15, 0.2) is 30.8 Å². The van der Waals surface area contributed by atoms with Crippen LogP contribution in [0.3, 0.4) is 0 Å². The Hall–Kier alpha value is -2.31. The minimum atomic E-state index is -4.72. The zero-order chi connectivity index (χ0) is 26.2. The van der Waals surface area contributed by atoms with Crippen molar-refractivity contribution in [3.8, 4) is 0 Å². The van der Waals surface area contributed by atoms with Gasteiger partial charge in [0.2, 0.25) is 11.8 Å². The molecular weight excluding hydrogens is 498 g/mol. The number of Topliss-reactive ketones (excluding diaryl/α,β-unsaturated/α-hetero) is 1. The fourth-order valence-corrected chi connectivity index (χ4v) is 4.71. The monoisotopic (exact) mass is 529 g/mol. The summed E-state index contributed by atoms with van der Waals surface area (Å²) in [6.07, 6.45) is 1.98. The van der Waals surface area contributed by atoms with E-state index in [1.165, 1.54) is 4.90 Å². The van der Waals surface area contributed by atoms with Gasteiger partial charge in [0.05, 0.1) is 19.8 Å². The summed E-state index contributed by atoms with van der Waals surface area (Å²) in [6, 6.07) is 5.61. The highest BCUT2D eigenvalue weighted by atomic mass is 35.5. The molecule has 2 amide bonds. The molecule has 0 aromatic heterocycles. The van der Waals surface area contributed by atoms with Crippen LogP contribution in [0.25, 0.3) is 6.08 Å². The second kappa shape index (κ2) is 13.1. The summed E-state index contributed by atoms with van der Waals surface area (Å²) in [4.78, 5) is 39.8. The lowest BCUT2D eigenvalue weighted by atomic mass is 10.2. The van der Waals surface area contributed by atoms with Gasteiger partial charge in [0.15, 0.2) is 0 Å². The van der Waals surface area contributed by atoms with Crippen LogP contribution in [-0.4, -0.2) is 96.1 Å². The Kier molecular flexibility index (Phi) is 10.8. The summed E-state index contributed by atoms with van der Waals surface area (Å²) in [5, 5.41) is 0.764. The predicted molar refractivity (Wildman–Crippen MR) is 132 cm³/mol. The first-order valence-corrected chi connectivity index (χ1v) is 13.1. The van der Waals surface area contributed by atoms with Gasteiger partial charge in [-0.3, -0.25) is 18.9 Å². The van der Waals surface area contributed by atoms with Crippen molar-refractivity contribution >= 4 is 45.6 Å².